The van der Waals surface area contributed by atoms with Gasteiger partial charge >= 0.3 is 0 Å². The van der Waals surface area contributed by atoms with Gasteiger partial charge in [0.25, 0.3) is 5.91 Å². The number of pyridine rings is 1. The first-order valence-electron chi connectivity index (χ1n) is 9.53. The molecule has 3 aromatic rings. The number of nitrogens with zero attached hydrogens (tertiary/aromatic N) is 2. The Bertz CT molecular complexity index is 1090. The molecule has 30 heavy (non-hydrogen) atoms. The number of amides is 2. The van der Waals surface area contributed by atoms with Gasteiger partial charge in [-0.3, -0.25) is 9.59 Å². The van der Waals surface area contributed by atoms with E-state index in [1.54, 1.807) is 37.5 Å². The summed E-state index contributed by atoms with van der Waals surface area (Å²) in [6.45, 7) is 0. The monoisotopic (exact) mass is 402 g/mol. The van der Waals surface area contributed by atoms with Crippen molar-refractivity contribution in [2.45, 2.75) is 12.5 Å². The summed E-state index contributed by atoms with van der Waals surface area (Å²) in [5, 5.41) is 2.86. The number of aromatic nitrogens is 1. The number of carbonyl (C=O) groups is 2. The highest BCUT2D eigenvalue weighted by atomic mass is 16.5. The van der Waals surface area contributed by atoms with Crippen molar-refractivity contribution in [2.75, 3.05) is 24.8 Å². The third kappa shape index (κ3) is 3.69. The van der Waals surface area contributed by atoms with E-state index in [-0.39, 0.29) is 11.8 Å². The molecule has 1 aliphatic rings. The minimum absolute atomic E-state index is 0.168. The standard InChI is InChI=1S/C23H22N4O3/c1-27-20-9-8-17(30-2)12-18(20)22(28)26-19(23(27)29)11-14-3-5-15(6-4-14)16-7-10-21(24)25-13-16/h3-10,12-13,19H,11H2,1-2H3,(H2,24,25)(H,26,28). The second kappa shape index (κ2) is 7.87. The quantitative estimate of drug-likeness (QED) is 0.699. The number of anilines is 2. The van der Waals surface area contributed by atoms with Crippen LogP contribution in [0.25, 0.3) is 11.1 Å². The van der Waals surface area contributed by atoms with Gasteiger partial charge in [-0.05, 0) is 41.5 Å². The van der Waals surface area contributed by atoms with Gasteiger partial charge in [0.05, 0.1) is 18.4 Å². The largest absolute Gasteiger partial charge is 0.497 e. The number of hydrogen-bond acceptors (Lipinski definition) is 5. The summed E-state index contributed by atoms with van der Waals surface area (Å²) < 4.78 is 5.21. The van der Waals surface area contributed by atoms with Crippen molar-refractivity contribution in [1.82, 2.24) is 10.3 Å². The smallest absolute Gasteiger partial charge is 0.254 e. The number of hydrogen-bond donors (Lipinski definition) is 2. The molecule has 2 amide bonds. The lowest BCUT2D eigenvalue weighted by Crippen LogP contribution is -2.45. The van der Waals surface area contributed by atoms with E-state index in [9.17, 15) is 9.59 Å². The summed E-state index contributed by atoms with van der Waals surface area (Å²) in [6, 6.07) is 15.9. The second-order valence-electron chi connectivity index (χ2n) is 7.18. The number of ether oxygens (including phenoxy) is 1. The van der Waals surface area contributed by atoms with Gasteiger partial charge in [0.2, 0.25) is 5.91 Å². The lowest BCUT2D eigenvalue weighted by atomic mass is 10.0. The van der Waals surface area contributed by atoms with E-state index >= 15 is 0 Å². The molecule has 152 valence electrons. The molecule has 1 atom stereocenters. The minimum Gasteiger partial charge on any atom is -0.497 e. The van der Waals surface area contributed by atoms with Crippen LogP contribution in [0.4, 0.5) is 11.5 Å². The SMILES string of the molecule is COc1ccc2c(c1)C(=O)NC(Cc1ccc(-c3ccc(N)nc3)cc1)C(=O)N2C. The Morgan fingerprint density at radius 1 is 1.07 bits per heavy atom. The molecule has 0 bridgehead atoms. The number of nitrogen functional groups attached to an aromatic ring is 1. The van der Waals surface area contributed by atoms with Crippen LogP contribution >= 0.6 is 0 Å². The highest BCUT2D eigenvalue weighted by molar-refractivity contribution is 6.11. The summed E-state index contributed by atoms with van der Waals surface area (Å²) in [4.78, 5) is 31.4. The van der Waals surface area contributed by atoms with Crippen LogP contribution in [0.1, 0.15) is 15.9 Å². The summed E-state index contributed by atoms with van der Waals surface area (Å²) in [6.07, 6.45) is 2.11. The van der Waals surface area contributed by atoms with Crippen LogP contribution in [0.2, 0.25) is 0 Å². The van der Waals surface area contributed by atoms with E-state index in [4.69, 9.17) is 10.5 Å². The zero-order valence-electron chi connectivity index (χ0n) is 16.8. The molecule has 1 unspecified atom stereocenters. The van der Waals surface area contributed by atoms with Crippen LogP contribution in [-0.2, 0) is 11.2 Å². The van der Waals surface area contributed by atoms with Crippen LogP contribution in [0.15, 0.2) is 60.8 Å². The predicted octanol–water partition coefficient (Wildman–Crippen LogP) is 2.66. The third-order valence-electron chi connectivity index (χ3n) is 5.26. The Morgan fingerprint density at radius 3 is 2.47 bits per heavy atom. The Balaban J connectivity index is 1.55. The molecule has 0 saturated heterocycles. The first-order chi connectivity index (χ1) is 14.5. The number of likely N-dealkylation sites (N-methyl/N-ethyl adjacent to an activating group) is 1. The number of methoxy groups -OCH3 is 1. The summed E-state index contributed by atoms with van der Waals surface area (Å²) in [7, 11) is 3.22. The fraction of sp³-hybridized carbons (Fsp3) is 0.174. The zero-order valence-corrected chi connectivity index (χ0v) is 16.8. The number of nitrogens with two attached hydrogens (primary N) is 1. The van der Waals surface area contributed by atoms with Crippen LogP contribution in [-0.4, -0.2) is 37.0 Å². The Hall–Kier alpha value is -3.87. The Kier molecular flexibility index (Phi) is 5.10. The van der Waals surface area contributed by atoms with E-state index in [1.165, 1.54) is 12.0 Å². The van der Waals surface area contributed by atoms with Gasteiger partial charge in [0, 0.05) is 25.2 Å². The van der Waals surface area contributed by atoms with Crippen molar-refractivity contribution < 1.29 is 14.3 Å². The fourth-order valence-corrected chi connectivity index (χ4v) is 3.55. The molecule has 7 nitrogen and oxygen atoms in total. The minimum atomic E-state index is -0.662. The molecule has 1 aromatic heterocycles. The number of nitrogens with one attached hydrogen (secondary N) is 1. The number of benzene rings is 2. The number of rotatable bonds is 4. The van der Waals surface area contributed by atoms with Gasteiger partial charge in [-0.1, -0.05) is 24.3 Å². The van der Waals surface area contributed by atoms with Gasteiger partial charge < -0.3 is 20.7 Å². The van der Waals surface area contributed by atoms with E-state index in [1.807, 2.05) is 30.3 Å². The molecule has 0 radical (unpaired) electrons. The molecule has 0 saturated carbocycles. The summed E-state index contributed by atoms with van der Waals surface area (Å²) in [5.74, 6) is 0.576. The maximum atomic E-state index is 13.0. The molecule has 0 fully saturated rings. The average molecular weight is 402 g/mol. The number of carbonyl (C=O) groups excluding carboxylic acids is 2. The van der Waals surface area contributed by atoms with Crippen molar-refractivity contribution in [3.05, 3.63) is 71.9 Å². The summed E-state index contributed by atoms with van der Waals surface area (Å²) in [5.41, 5.74) is 9.52. The third-order valence-corrected chi connectivity index (χ3v) is 5.26. The average Bonchev–Trinajstić information content (AvgIpc) is 2.85. The normalized spacial score (nSPS) is 15.9. The second-order valence-corrected chi connectivity index (χ2v) is 7.18. The zero-order chi connectivity index (χ0) is 21.3. The van der Waals surface area contributed by atoms with Crippen LogP contribution in [0, 0.1) is 0 Å². The van der Waals surface area contributed by atoms with Crippen molar-refractivity contribution in [1.29, 1.82) is 0 Å². The summed E-state index contributed by atoms with van der Waals surface area (Å²) >= 11 is 0. The van der Waals surface area contributed by atoms with Gasteiger partial charge in [-0.2, -0.15) is 0 Å². The topological polar surface area (TPSA) is 97.5 Å². The first kappa shape index (κ1) is 19.4. The lowest BCUT2D eigenvalue weighted by Gasteiger charge is -2.21. The van der Waals surface area contributed by atoms with E-state index < -0.39 is 6.04 Å². The molecule has 1 aliphatic heterocycles. The molecule has 0 aliphatic carbocycles. The number of fused-ring (bicyclic) bond motifs is 1. The Labute approximate surface area is 174 Å². The molecule has 4 rings (SSSR count). The van der Waals surface area contributed by atoms with Gasteiger partial charge in [-0.25, -0.2) is 4.98 Å². The first-order valence-corrected chi connectivity index (χ1v) is 9.53. The predicted molar refractivity (Wildman–Crippen MR) is 115 cm³/mol. The molecular weight excluding hydrogens is 380 g/mol. The molecule has 2 aromatic carbocycles. The molecule has 3 N–H and O–H groups in total. The van der Waals surface area contributed by atoms with Gasteiger partial charge in [0.15, 0.2) is 0 Å². The van der Waals surface area contributed by atoms with Crippen LogP contribution in [0.3, 0.4) is 0 Å². The van der Waals surface area contributed by atoms with Gasteiger partial charge in [-0.15, -0.1) is 0 Å². The lowest BCUT2D eigenvalue weighted by molar-refractivity contribution is -0.120. The van der Waals surface area contributed by atoms with Crippen molar-refractivity contribution in [3.8, 4) is 16.9 Å². The molecule has 0 spiro atoms. The van der Waals surface area contributed by atoms with E-state index in [0.29, 0.717) is 29.2 Å². The molecule has 2 heterocycles. The molecule has 7 heteroatoms. The highest BCUT2D eigenvalue weighted by Crippen LogP contribution is 2.28. The van der Waals surface area contributed by atoms with E-state index in [0.717, 1.165) is 16.7 Å². The molecular formula is C23H22N4O3. The van der Waals surface area contributed by atoms with Crippen LogP contribution in [0.5, 0.6) is 5.75 Å². The highest BCUT2D eigenvalue weighted by Gasteiger charge is 2.32. The van der Waals surface area contributed by atoms with Crippen molar-refractivity contribution in [3.63, 3.8) is 0 Å². The van der Waals surface area contributed by atoms with Gasteiger partial charge in [0.1, 0.15) is 17.6 Å². The van der Waals surface area contributed by atoms with Crippen molar-refractivity contribution in [2.24, 2.45) is 0 Å². The maximum absolute atomic E-state index is 13.0. The Morgan fingerprint density at radius 2 is 1.80 bits per heavy atom. The van der Waals surface area contributed by atoms with Crippen LogP contribution < -0.4 is 20.7 Å². The maximum Gasteiger partial charge on any atom is 0.254 e. The van der Waals surface area contributed by atoms with Crippen molar-refractivity contribution >= 4 is 23.3 Å². The van der Waals surface area contributed by atoms with E-state index in [2.05, 4.69) is 10.3 Å². The fourth-order valence-electron chi connectivity index (χ4n) is 3.55.